The third kappa shape index (κ3) is 4.58. The zero-order valence-electron chi connectivity index (χ0n) is 18.8. The molecular weight excluding hydrogens is 452 g/mol. The van der Waals surface area contributed by atoms with Gasteiger partial charge in [-0.2, -0.15) is 5.10 Å². The number of furan rings is 1. The standard InChI is InChI=1S/C24H24N6O3S/c1-30-15-18(14-27-30)16-5-6-17(21(12-16)34(2,31)32)13-26-20-9-10-25-24-23(20)28-22(29-24)8-7-19-4-3-11-33-19/h3-6,9-12,14-15H,7-8,13H2,1-2H3,(H2,25,26,28,29). The van der Waals surface area contributed by atoms with Gasteiger partial charge in [-0.3, -0.25) is 4.68 Å². The highest BCUT2D eigenvalue weighted by molar-refractivity contribution is 7.90. The second kappa shape index (κ2) is 8.79. The van der Waals surface area contributed by atoms with Crippen LogP contribution in [0.2, 0.25) is 0 Å². The number of fused-ring (bicyclic) bond motifs is 1. The lowest BCUT2D eigenvalue weighted by molar-refractivity contribution is 0.507. The molecule has 0 amide bonds. The summed E-state index contributed by atoms with van der Waals surface area (Å²) >= 11 is 0. The molecule has 0 radical (unpaired) electrons. The molecule has 0 saturated carbocycles. The lowest BCUT2D eigenvalue weighted by Gasteiger charge is -2.12. The van der Waals surface area contributed by atoms with Gasteiger partial charge in [0.25, 0.3) is 0 Å². The Bertz CT molecular complexity index is 1550. The maximum Gasteiger partial charge on any atom is 0.179 e. The highest BCUT2D eigenvalue weighted by Crippen LogP contribution is 2.27. The molecular formula is C24H24N6O3S. The molecule has 4 aromatic heterocycles. The molecule has 0 atom stereocenters. The van der Waals surface area contributed by atoms with Crippen molar-refractivity contribution in [2.75, 3.05) is 11.6 Å². The molecule has 1 aromatic carbocycles. The van der Waals surface area contributed by atoms with Crippen LogP contribution < -0.4 is 5.32 Å². The average molecular weight is 477 g/mol. The average Bonchev–Trinajstić information content (AvgIpc) is 3.56. The number of sulfone groups is 1. The number of pyridine rings is 1. The van der Waals surface area contributed by atoms with Gasteiger partial charge in [-0.05, 0) is 35.4 Å². The second-order valence-corrected chi connectivity index (χ2v) is 10.2. The number of hydrogen-bond acceptors (Lipinski definition) is 7. The number of aryl methyl sites for hydroxylation is 3. The Kier molecular flexibility index (Phi) is 5.66. The van der Waals surface area contributed by atoms with E-state index in [1.807, 2.05) is 43.6 Å². The number of H-pyrrole nitrogens is 1. The van der Waals surface area contributed by atoms with Gasteiger partial charge in [0.1, 0.15) is 17.1 Å². The van der Waals surface area contributed by atoms with Crippen molar-refractivity contribution in [1.82, 2.24) is 24.7 Å². The SMILES string of the molecule is Cn1cc(-c2ccc(CNc3ccnc4nc(CCc5ccco5)[nH]c34)c(S(C)(=O)=O)c2)cn1. The Morgan fingerprint density at radius 1 is 1.15 bits per heavy atom. The Labute approximate surface area is 196 Å². The number of nitrogens with one attached hydrogen (secondary N) is 2. The number of rotatable bonds is 8. The molecule has 0 unspecified atom stereocenters. The first-order valence-corrected chi connectivity index (χ1v) is 12.7. The summed E-state index contributed by atoms with van der Waals surface area (Å²) in [6.07, 6.45) is 9.57. The van der Waals surface area contributed by atoms with Crippen LogP contribution in [0.15, 0.2) is 70.6 Å². The van der Waals surface area contributed by atoms with Gasteiger partial charge in [0.2, 0.25) is 0 Å². The third-order valence-electron chi connectivity index (χ3n) is 5.60. The van der Waals surface area contributed by atoms with E-state index < -0.39 is 9.84 Å². The molecule has 0 aliphatic rings. The predicted molar refractivity (Wildman–Crippen MR) is 129 cm³/mol. The summed E-state index contributed by atoms with van der Waals surface area (Å²) in [5, 5.41) is 7.53. The first-order valence-electron chi connectivity index (χ1n) is 10.8. The van der Waals surface area contributed by atoms with Gasteiger partial charge < -0.3 is 14.7 Å². The number of aromatic nitrogens is 5. The monoisotopic (exact) mass is 476 g/mol. The van der Waals surface area contributed by atoms with Crippen LogP contribution in [0.3, 0.4) is 0 Å². The van der Waals surface area contributed by atoms with Crippen molar-refractivity contribution in [3.8, 4) is 11.1 Å². The van der Waals surface area contributed by atoms with Crippen LogP contribution in [0.4, 0.5) is 5.69 Å². The van der Waals surface area contributed by atoms with Crippen LogP contribution in [0.25, 0.3) is 22.3 Å². The van der Waals surface area contributed by atoms with Crippen molar-refractivity contribution in [1.29, 1.82) is 0 Å². The van der Waals surface area contributed by atoms with Gasteiger partial charge in [-0.1, -0.05) is 12.1 Å². The minimum absolute atomic E-state index is 0.287. The van der Waals surface area contributed by atoms with Gasteiger partial charge >= 0.3 is 0 Å². The quantitative estimate of drug-likeness (QED) is 0.350. The number of anilines is 1. The van der Waals surface area contributed by atoms with Crippen molar-refractivity contribution in [2.24, 2.45) is 7.05 Å². The first-order chi connectivity index (χ1) is 16.4. The van der Waals surface area contributed by atoms with Crippen LogP contribution >= 0.6 is 0 Å². The third-order valence-corrected chi connectivity index (χ3v) is 6.78. The number of imidazole rings is 1. The van der Waals surface area contributed by atoms with E-state index >= 15 is 0 Å². The van der Waals surface area contributed by atoms with E-state index in [1.54, 1.807) is 29.4 Å². The molecule has 9 nitrogen and oxygen atoms in total. The van der Waals surface area contributed by atoms with Crippen LogP contribution in [0.1, 0.15) is 17.1 Å². The Balaban J connectivity index is 1.39. The van der Waals surface area contributed by atoms with Gasteiger partial charge in [0.15, 0.2) is 15.5 Å². The maximum absolute atomic E-state index is 12.6. The Morgan fingerprint density at radius 3 is 2.76 bits per heavy atom. The molecule has 0 aliphatic carbocycles. The zero-order valence-corrected chi connectivity index (χ0v) is 19.6. The number of nitrogens with zero attached hydrogens (tertiary/aromatic N) is 4. The Hall–Kier alpha value is -3.92. The second-order valence-electron chi connectivity index (χ2n) is 8.17. The highest BCUT2D eigenvalue weighted by Gasteiger charge is 2.16. The fourth-order valence-corrected chi connectivity index (χ4v) is 4.86. The summed E-state index contributed by atoms with van der Waals surface area (Å²) in [6, 6.07) is 11.1. The van der Waals surface area contributed by atoms with E-state index in [0.717, 1.165) is 40.3 Å². The minimum atomic E-state index is -3.44. The first kappa shape index (κ1) is 21.9. The lowest BCUT2D eigenvalue weighted by Crippen LogP contribution is -2.08. The van der Waals surface area contributed by atoms with Crippen LogP contribution in [0.5, 0.6) is 0 Å². The van der Waals surface area contributed by atoms with E-state index in [0.29, 0.717) is 24.2 Å². The number of benzene rings is 1. The van der Waals surface area contributed by atoms with Crippen molar-refractivity contribution in [3.63, 3.8) is 0 Å². The number of aromatic amines is 1. The van der Waals surface area contributed by atoms with E-state index in [-0.39, 0.29) is 4.90 Å². The highest BCUT2D eigenvalue weighted by atomic mass is 32.2. The number of hydrogen-bond donors (Lipinski definition) is 2. The molecule has 5 rings (SSSR count). The molecule has 174 valence electrons. The van der Waals surface area contributed by atoms with Gasteiger partial charge in [0.05, 0.1) is 23.0 Å². The largest absolute Gasteiger partial charge is 0.469 e. The van der Waals surface area contributed by atoms with Crippen molar-refractivity contribution in [3.05, 3.63) is 78.4 Å². The topological polar surface area (TPSA) is 119 Å². The molecule has 4 heterocycles. The summed E-state index contributed by atoms with van der Waals surface area (Å²) in [7, 11) is -1.61. The van der Waals surface area contributed by atoms with E-state index in [1.165, 1.54) is 6.26 Å². The minimum Gasteiger partial charge on any atom is -0.469 e. The van der Waals surface area contributed by atoms with Crippen molar-refractivity contribution in [2.45, 2.75) is 24.3 Å². The van der Waals surface area contributed by atoms with E-state index in [4.69, 9.17) is 4.42 Å². The summed E-state index contributed by atoms with van der Waals surface area (Å²) in [4.78, 5) is 12.6. The predicted octanol–water partition coefficient (Wildman–Crippen LogP) is 3.75. The molecule has 0 bridgehead atoms. The van der Waals surface area contributed by atoms with Gasteiger partial charge in [-0.15, -0.1) is 0 Å². The van der Waals surface area contributed by atoms with Gasteiger partial charge in [0, 0.05) is 50.6 Å². The van der Waals surface area contributed by atoms with Crippen LogP contribution in [0, 0.1) is 0 Å². The summed E-state index contributed by atoms with van der Waals surface area (Å²) in [5.74, 6) is 1.71. The summed E-state index contributed by atoms with van der Waals surface area (Å²) in [6.45, 7) is 0.329. The molecule has 34 heavy (non-hydrogen) atoms. The molecule has 0 saturated heterocycles. The Morgan fingerprint density at radius 2 is 2.03 bits per heavy atom. The van der Waals surface area contributed by atoms with Gasteiger partial charge in [-0.25, -0.2) is 18.4 Å². The van der Waals surface area contributed by atoms with Crippen LogP contribution in [-0.2, 0) is 36.3 Å². The fourth-order valence-electron chi connectivity index (χ4n) is 3.91. The molecule has 5 aromatic rings. The normalized spacial score (nSPS) is 11.8. The lowest BCUT2D eigenvalue weighted by atomic mass is 10.1. The molecule has 10 heteroatoms. The molecule has 0 aliphatic heterocycles. The molecule has 0 fully saturated rings. The fraction of sp³-hybridized carbons (Fsp3) is 0.208. The van der Waals surface area contributed by atoms with Crippen molar-refractivity contribution < 1.29 is 12.8 Å². The maximum atomic E-state index is 12.6. The van der Waals surface area contributed by atoms with E-state index in [2.05, 4.69) is 25.4 Å². The zero-order chi connectivity index (χ0) is 23.7. The molecule has 2 N–H and O–H groups in total. The van der Waals surface area contributed by atoms with Crippen molar-refractivity contribution >= 4 is 26.7 Å². The molecule has 0 spiro atoms. The summed E-state index contributed by atoms with van der Waals surface area (Å²) in [5.41, 5.74) is 4.54. The van der Waals surface area contributed by atoms with E-state index in [9.17, 15) is 8.42 Å². The smallest absolute Gasteiger partial charge is 0.179 e. The van der Waals surface area contributed by atoms with Crippen LogP contribution in [-0.4, -0.2) is 39.4 Å². The summed E-state index contributed by atoms with van der Waals surface area (Å²) < 4.78 is 32.2.